The van der Waals surface area contributed by atoms with E-state index in [9.17, 15) is 4.79 Å². The maximum absolute atomic E-state index is 12.1. The van der Waals surface area contributed by atoms with Gasteiger partial charge in [-0.05, 0) is 75.5 Å². The summed E-state index contributed by atoms with van der Waals surface area (Å²) >= 11 is 6.90. The molecule has 2 rings (SSSR count). The predicted molar refractivity (Wildman–Crippen MR) is 98.3 cm³/mol. The highest BCUT2D eigenvalue weighted by Gasteiger charge is 2.12. The third-order valence-electron chi connectivity index (χ3n) is 2.96. The number of aryl methyl sites for hydroxylation is 1. The molecular weight excluding hydrogens is 426 g/mol. The van der Waals surface area contributed by atoms with Crippen LogP contribution < -0.4 is 14.8 Å². The van der Waals surface area contributed by atoms with E-state index in [2.05, 4.69) is 37.2 Å². The fourth-order valence-corrected chi connectivity index (χ4v) is 3.60. The van der Waals surface area contributed by atoms with Crippen molar-refractivity contribution in [2.24, 2.45) is 0 Å². The first-order chi connectivity index (χ1) is 11.0. The first kappa shape index (κ1) is 17.8. The molecule has 0 unspecified atom stereocenters. The highest BCUT2D eigenvalue weighted by molar-refractivity contribution is 9.11. The molecule has 1 amide bonds. The monoisotopic (exact) mass is 441 g/mol. The fraction of sp³-hybridized carbons (Fsp3) is 0.235. The van der Waals surface area contributed by atoms with E-state index in [1.165, 1.54) is 0 Å². The minimum absolute atomic E-state index is 0.100. The summed E-state index contributed by atoms with van der Waals surface area (Å²) in [7, 11) is 0. The summed E-state index contributed by atoms with van der Waals surface area (Å²) < 4.78 is 12.7. The fourth-order valence-electron chi connectivity index (χ4n) is 1.98. The number of hydrogen-bond acceptors (Lipinski definition) is 3. The number of anilines is 1. The molecule has 0 aromatic heterocycles. The third kappa shape index (κ3) is 4.97. The van der Waals surface area contributed by atoms with Gasteiger partial charge in [0.15, 0.2) is 18.1 Å². The minimum Gasteiger partial charge on any atom is -0.490 e. The molecule has 0 heterocycles. The van der Waals surface area contributed by atoms with Gasteiger partial charge >= 0.3 is 0 Å². The molecule has 0 saturated carbocycles. The Labute approximate surface area is 152 Å². The zero-order valence-electron chi connectivity index (χ0n) is 12.9. The van der Waals surface area contributed by atoms with Gasteiger partial charge in [0, 0.05) is 8.95 Å². The Morgan fingerprint density at radius 3 is 2.22 bits per heavy atom. The smallest absolute Gasteiger partial charge is 0.262 e. The summed E-state index contributed by atoms with van der Waals surface area (Å²) in [4.78, 5) is 12.1. The summed E-state index contributed by atoms with van der Waals surface area (Å²) in [6, 6.07) is 11.2. The van der Waals surface area contributed by atoms with Crippen molar-refractivity contribution in [2.45, 2.75) is 13.8 Å². The molecule has 122 valence electrons. The van der Waals surface area contributed by atoms with Crippen LogP contribution in [0, 0.1) is 6.92 Å². The Bertz CT molecular complexity index is 681. The second-order valence-corrected chi connectivity index (χ2v) is 6.53. The molecule has 0 spiro atoms. The van der Waals surface area contributed by atoms with Crippen molar-refractivity contribution in [1.29, 1.82) is 0 Å². The molecule has 0 radical (unpaired) electrons. The van der Waals surface area contributed by atoms with Gasteiger partial charge in [0.25, 0.3) is 5.91 Å². The first-order valence-corrected chi connectivity index (χ1v) is 8.70. The molecule has 0 aliphatic rings. The van der Waals surface area contributed by atoms with Crippen LogP contribution in [-0.4, -0.2) is 19.1 Å². The number of rotatable bonds is 6. The lowest BCUT2D eigenvalue weighted by Gasteiger charge is -2.13. The lowest BCUT2D eigenvalue weighted by molar-refractivity contribution is -0.118. The van der Waals surface area contributed by atoms with E-state index < -0.39 is 0 Å². The Hall–Kier alpha value is -1.53. The lowest BCUT2D eigenvalue weighted by Crippen LogP contribution is -2.21. The zero-order chi connectivity index (χ0) is 16.8. The molecule has 1 N–H and O–H groups in total. The van der Waals surface area contributed by atoms with Crippen LogP contribution in [0.1, 0.15) is 12.5 Å². The van der Waals surface area contributed by atoms with Gasteiger partial charge in [0.2, 0.25) is 0 Å². The molecule has 0 fully saturated rings. The summed E-state index contributed by atoms with van der Waals surface area (Å²) in [5, 5.41) is 2.83. The van der Waals surface area contributed by atoms with E-state index >= 15 is 0 Å². The molecule has 2 aromatic carbocycles. The van der Waals surface area contributed by atoms with Crippen LogP contribution in [-0.2, 0) is 4.79 Å². The summed E-state index contributed by atoms with van der Waals surface area (Å²) in [5.41, 5.74) is 1.77. The van der Waals surface area contributed by atoms with Crippen molar-refractivity contribution in [3.8, 4) is 11.5 Å². The molecule has 6 heteroatoms. The van der Waals surface area contributed by atoms with E-state index in [1.54, 1.807) is 6.07 Å². The van der Waals surface area contributed by atoms with E-state index in [-0.39, 0.29) is 12.5 Å². The lowest BCUT2D eigenvalue weighted by atomic mass is 10.2. The topological polar surface area (TPSA) is 47.6 Å². The molecule has 0 aliphatic carbocycles. The number of hydrogen-bond donors (Lipinski definition) is 1. The predicted octanol–water partition coefficient (Wildman–Crippen LogP) is 4.94. The van der Waals surface area contributed by atoms with E-state index in [0.29, 0.717) is 23.8 Å². The van der Waals surface area contributed by atoms with Crippen LogP contribution in [0.4, 0.5) is 5.69 Å². The normalized spacial score (nSPS) is 10.3. The number of amides is 1. The van der Waals surface area contributed by atoms with Crippen molar-refractivity contribution in [3.63, 3.8) is 0 Å². The molecular formula is C17H17Br2NO3. The number of nitrogens with one attached hydrogen (secondary N) is 1. The van der Waals surface area contributed by atoms with Crippen molar-refractivity contribution in [3.05, 3.63) is 50.9 Å². The van der Waals surface area contributed by atoms with Gasteiger partial charge in [0.1, 0.15) is 0 Å². The summed E-state index contributed by atoms with van der Waals surface area (Å²) in [5.74, 6) is 0.925. The Kier molecular flexibility index (Phi) is 6.47. The molecule has 2 aromatic rings. The van der Waals surface area contributed by atoms with Crippen molar-refractivity contribution in [1.82, 2.24) is 0 Å². The second-order valence-electron chi connectivity index (χ2n) is 4.82. The van der Waals surface area contributed by atoms with Gasteiger partial charge in [-0.1, -0.05) is 12.1 Å². The van der Waals surface area contributed by atoms with Gasteiger partial charge in [-0.3, -0.25) is 4.79 Å². The van der Waals surface area contributed by atoms with E-state index in [1.807, 2.05) is 44.2 Å². The Morgan fingerprint density at radius 2 is 1.65 bits per heavy atom. The van der Waals surface area contributed by atoms with Gasteiger partial charge in [-0.25, -0.2) is 0 Å². The van der Waals surface area contributed by atoms with Crippen LogP contribution in [0.5, 0.6) is 11.5 Å². The zero-order valence-corrected chi connectivity index (χ0v) is 16.0. The van der Waals surface area contributed by atoms with Crippen LogP contribution in [0.2, 0.25) is 0 Å². The summed E-state index contributed by atoms with van der Waals surface area (Å²) in [6.07, 6.45) is 0. The van der Waals surface area contributed by atoms with Crippen LogP contribution in [0.15, 0.2) is 45.3 Å². The molecule has 23 heavy (non-hydrogen) atoms. The second kappa shape index (κ2) is 8.36. The molecule has 4 nitrogen and oxygen atoms in total. The molecule has 0 aliphatic heterocycles. The van der Waals surface area contributed by atoms with Crippen LogP contribution in [0.25, 0.3) is 0 Å². The summed E-state index contributed by atoms with van der Waals surface area (Å²) in [6.45, 7) is 4.32. The molecule has 0 atom stereocenters. The number of ether oxygens (including phenoxy) is 2. The maximum Gasteiger partial charge on any atom is 0.262 e. The van der Waals surface area contributed by atoms with Crippen LogP contribution in [0.3, 0.4) is 0 Å². The number of para-hydroxylation sites is 2. The minimum atomic E-state index is -0.249. The van der Waals surface area contributed by atoms with Crippen molar-refractivity contribution >= 4 is 43.5 Å². The van der Waals surface area contributed by atoms with Crippen molar-refractivity contribution < 1.29 is 14.3 Å². The SMILES string of the molecule is CCOc1ccccc1OCC(=O)Nc1c(Br)cc(C)cc1Br. The van der Waals surface area contributed by atoms with E-state index in [0.717, 1.165) is 14.5 Å². The molecule has 0 saturated heterocycles. The Morgan fingerprint density at radius 1 is 1.09 bits per heavy atom. The van der Waals surface area contributed by atoms with Crippen molar-refractivity contribution in [2.75, 3.05) is 18.5 Å². The largest absolute Gasteiger partial charge is 0.490 e. The van der Waals surface area contributed by atoms with Gasteiger partial charge in [-0.2, -0.15) is 0 Å². The number of carbonyl (C=O) groups excluding carboxylic acids is 1. The number of halogens is 2. The highest BCUT2D eigenvalue weighted by atomic mass is 79.9. The third-order valence-corrected chi connectivity index (χ3v) is 4.21. The standard InChI is InChI=1S/C17H17Br2NO3/c1-3-22-14-6-4-5-7-15(14)23-10-16(21)20-17-12(18)8-11(2)9-13(17)19/h4-9H,3,10H2,1-2H3,(H,20,21). The number of carbonyl (C=O) groups is 1. The maximum atomic E-state index is 12.1. The quantitative estimate of drug-likeness (QED) is 0.689. The average Bonchev–Trinajstić information content (AvgIpc) is 2.50. The van der Waals surface area contributed by atoms with Gasteiger partial charge in [0.05, 0.1) is 12.3 Å². The number of benzene rings is 2. The van der Waals surface area contributed by atoms with Gasteiger partial charge < -0.3 is 14.8 Å². The highest BCUT2D eigenvalue weighted by Crippen LogP contribution is 2.32. The average molecular weight is 443 g/mol. The van der Waals surface area contributed by atoms with E-state index in [4.69, 9.17) is 9.47 Å². The molecule has 0 bridgehead atoms. The Balaban J connectivity index is 2.01. The first-order valence-electron chi connectivity index (χ1n) is 7.11. The van der Waals surface area contributed by atoms with Crippen LogP contribution >= 0.6 is 31.9 Å². The van der Waals surface area contributed by atoms with Gasteiger partial charge in [-0.15, -0.1) is 0 Å².